The van der Waals surface area contributed by atoms with Gasteiger partial charge in [-0.2, -0.15) is 0 Å². The first-order chi connectivity index (χ1) is 9.47. The van der Waals surface area contributed by atoms with Crippen molar-refractivity contribution in [3.8, 4) is 0 Å². The Kier molecular flexibility index (Phi) is 4.81. The number of carbonyl (C=O) groups excluding carboxylic acids is 1. The van der Waals surface area contributed by atoms with E-state index in [-0.39, 0.29) is 18.9 Å². The highest BCUT2D eigenvalue weighted by molar-refractivity contribution is 7.14. The zero-order valence-corrected chi connectivity index (χ0v) is 12.8. The monoisotopic (exact) mass is 295 g/mol. The molecule has 1 heterocycles. The van der Waals surface area contributed by atoms with Crippen LogP contribution in [0.15, 0.2) is 6.07 Å². The summed E-state index contributed by atoms with van der Waals surface area (Å²) in [5, 5.41) is 8.81. The first-order valence-electron chi connectivity index (χ1n) is 7.10. The van der Waals surface area contributed by atoms with Gasteiger partial charge in [-0.25, -0.2) is 0 Å². The third-order valence-corrected chi connectivity index (χ3v) is 4.65. The quantitative estimate of drug-likeness (QED) is 0.878. The van der Waals surface area contributed by atoms with Crippen molar-refractivity contribution in [1.82, 2.24) is 4.90 Å². The Morgan fingerprint density at radius 3 is 2.75 bits per heavy atom. The van der Waals surface area contributed by atoms with E-state index in [4.69, 9.17) is 5.11 Å². The molecule has 1 N–H and O–H groups in total. The van der Waals surface area contributed by atoms with E-state index in [0.29, 0.717) is 12.5 Å². The topological polar surface area (TPSA) is 57.6 Å². The van der Waals surface area contributed by atoms with E-state index >= 15 is 0 Å². The number of carboxylic acid groups (broad SMARTS) is 1. The van der Waals surface area contributed by atoms with Crippen LogP contribution in [-0.4, -0.2) is 35.0 Å². The zero-order valence-electron chi connectivity index (χ0n) is 12.0. The molecular formula is C15H21NO3S. The molecule has 0 aliphatic heterocycles. The van der Waals surface area contributed by atoms with Crippen molar-refractivity contribution >= 4 is 23.2 Å². The summed E-state index contributed by atoms with van der Waals surface area (Å²) in [6, 6.07) is 2.00. The summed E-state index contributed by atoms with van der Waals surface area (Å²) in [6.07, 6.45) is 3.33. The number of amides is 1. The van der Waals surface area contributed by atoms with Crippen LogP contribution >= 0.6 is 11.3 Å². The standard InChI is InChI=1S/C15H21NO3S/c1-10(2)9-16(7-6-14(17)18)15(19)13-8-11-4-3-5-12(11)20-13/h8,10H,3-7,9H2,1-2H3,(H,17,18). The van der Waals surface area contributed by atoms with Crippen LogP contribution < -0.4 is 0 Å². The summed E-state index contributed by atoms with van der Waals surface area (Å²) in [5.74, 6) is -0.542. The van der Waals surface area contributed by atoms with E-state index in [0.717, 1.165) is 17.7 Å². The van der Waals surface area contributed by atoms with Gasteiger partial charge in [-0.05, 0) is 36.8 Å². The number of nitrogens with zero attached hydrogens (tertiary/aromatic N) is 1. The summed E-state index contributed by atoms with van der Waals surface area (Å²) in [5.41, 5.74) is 1.31. The normalized spacial score (nSPS) is 13.6. The molecule has 2 rings (SSSR count). The first-order valence-corrected chi connectivity index (χ1v) is 7.91. The Labute approximate surface area is 123 Å². The van der Waals surface area contributed by atoms with Crippen LogP contribution in [-0.2, 0) is 17.6 Å². The van der Waals surface area contributed by atoms with E-state index in [2.05, 4.69) is 0 Å². The third-order valence-electron chi connectivity index (χ3n) is 3.43. The lowest BCUT2D eigenvalue weighted by Gasteiger charge is -2.23. The van der Waals surface area contributed by atoms with Crippen LogP contribution in [0.2, 0.25) is 0 Å². The largest absolute Gasteiger partial charge is 0.481 e. The lowest BCUT2D eigenvalue weighted by atomic mass is 10.2. The van der Waals surface area contributed by atoms with Crippen molar-refractivity contribution in [2.45, 2.75) is 39.5 Å². The summed E-state index contributed by atoms with van der Waals surface area (Å²) < 4.78 is 0. The third kappa shape index (κ3) is 3.60. The maximum Gasteiger partial charge on any atom is 0.305 e. The molecule has 1 aliphatic carbocycles. The Bertz CT molecular complexity index is 486. The van der Waals surface area contributed by atoms with Gasteiger partial charge >= 0.3 is 5.97 Å². The minimum Gasteiger partial charge on any atom is -0.481 e. The van der Waals surface area contributed by atoms with Crippen LogP contribution in [0, 0.1) is 5.92 Å². The number of fused-ring (bicyclic) bond motifs is 1. The second kappa shape index (κ2) is 6.39. The summed E-state index contributed by atoms with van der Waals surface area (Å²) >= 11 is 1.58. The average molecular weight is 295 g/mol. The highest BCUT2D eigenvalue weighted by Crippen LogP contribution is 2.31. The molecule has 0 fully saturated rings. The predicted octanol–water partition coefficient (Wildman–Crippen LogP) is 2.81. The molecule has 0 saturated carbocycles. The summed E-state index contributed by atoms with van der Waals surface area (Å²) in [6.45, 7) is 4.97. The second-order valence-electron chi connectivity index (χ2n) is 5.70. The number of carboxylic acids is 1. The van der Waals surface area contributed by atoms with Crippen LogP contribution in [0.1, 0.15) is 46.8 Å². The minimum absolute atomic E-state index is 0.00352. The van der Waals surface area contributed by atoms with Gasteiger partial charge in [0.05, 0.1) is 11.3 Å². The molecule has 5 heteroatoms. The van der Waals surface area contributed by atoms with Crippen LogP contribution in [0.3, 0.4) is 0 Å². The van der Waals surface area contributed by atoms with Crippen LogP contribution in [0.5, 0.6) is 0 Å². The van der Waals surface area contributed by atoms with Gasteiger partial charge < -0.3 is 10.0 Å². The van der Waals surface area contributed by atoms with Crippen molar-refractivity contribution in [1.29, 1.82) is 0 Å². The van der Waals surface area contributed by atoms with Gasteiger partial charge in [0.1, 0.15) is 0 Å². The number of aliphatic carboxylic acids is 1. The molecule has 1 aromatic heterocycles. The number of hydrogen-bond donors (Lipinski definition) is 1. The number of hydrogen-bond acceptors (Lipinski definition) is 3. The molecule has 0 atom stereocenters. The maximum absolute atomic E-state index is 12.5. The molecule has 1 aliphatic rings. The molecule has 0 spiro atoms. The maximum atomic E-state index is 12.5. The van der Waals surface area contributed by atoms with E-state index in [1.165, 1.54) is 16.9 Å². The second-order valence-corrected chi connectivity index (χ2v) is 6.84. The van der Waals surface area contributed by atoms with Crippen molar-refractivity contribution < 1.29 is 14.7 Å². The van der Waals surface area contributed by atoms with Gasteiger partial charge in [-0.3, -0.25) is 9.59 Å². The Morgan fingerprint density at radius 1 is 1.40 bits per heavy atom. The fraction of sp³-hybridized carbons (Fsp3) is 0.600. The zero-order chi connectivity index (χ0) is 14.7. The van der Waals surface area contributed by atoms with E-state index < -0.39 is 5.97 Å². The highest BCUT2D eigenvalue weighted by Gasteiger charge is 2.23. The van der Waals surface area contributed by atoms with Gasteiger partial charge in [0.15, 0.2) is 0 Å². The fourth-order valence-electron chi connectivity index (χ4n) is 2.54. The van der Waals surface area contributed by atoms with Crippen LogP contribution in [0.25, 0.3) is 0 Å². The molecular weight excluding hydrogens is 274 g/mol. The minimum atomic E-state index is -0.861. The first kappa shape index (κ1) is 15.0. The Hall–Kier alpha value is -1.36. The van der Waals surface area contributed by atoms with E-state index in [9.17, 15) is 9.59 Å². The van der Waals surface area contributed by atoms with E-state index in [1.807, 2.05) is 19.9 Å². The molecule has 1 amide bonds. The summed E-state index contributed by atoms with van der Waals surface area (Å²) in [4.78, 5) is 27.0. The molecule has 1 aromatic rings. The Morgan fingerprint density at radius 2 is 2.15 bits per heavy atom. The van der Waals surface area contributed by atoms with E-state index in [1.54, 1.807) is 16.2 Å². The molecule has 0 bridgehead atoms. The van der Waals surface area contributed by atoms with Gasteiger partial charge in [-0.1, -0.05) is 13.8 Å². The smallest absolute Gasteiger partial charge is 0.305 e. The van der Waals surface area contributed by atoms with Crippen molar-refractivity contribution in [2.24, 2.45) is 5.92 Å². The number of rotatable bonds is 6. The fourth-order valence-corrected chi connectivity index (χ4v) is 3.76. The molecule has 0 aromatic carbocycles. The lowest BCUT2D eigenvalue weighted by molar-refractivity contribution is -0.137. The number of aryl methyl sites for hydroxylation is 2. The van der Waals surface area contributed by atoms with Crippen molar-refractivity contribution in [3.05, 3.63) is 21.4 Å². The predicted molar refractivity (Wildman–Crippen MR) is 79.3 cm³/mol. The molecule has 0 saturated heterocycles. The lowest BCUT2D eigenvalue weighted by Crippen LogP contribution is -2.35. The Balaban J connectivity index is 2.09. The number of thiophene rings is 1. The van der Waals surface area contributed by atoms with Gasteiger partial charge in [0.25, 0.3) is 5.91 Å². The SMILES string of the molecule is CC(C)CN(CCC(=O)O)C(=O)c1cc2c(s1)CCC2. The summed E-state index contributed by atoms with van der Waals surface area (Å²) in [7, 11) is 0. The molecule has 0 unspecified atom stereocenters. The molecule has 0 radical (unpaired) electrons. The average Bonchev–Trinajstić information content (AvgIpc) is 2.93. The number of carbonyl (C=O) groups is 2. The van der Waals surface area contributed by atoms with Crippen LogP contribution in [0.4, 0.5) is 0 Å². The van der Waals surface area contributed by atoms with Gasteiger partial charge in [-0.15, -0.1) is 11.3 Å². The van der Waals surface area contributed by atoms with Crippen molar-refractivity contribution in [2.75, 3.05) is 13.1 Å². The van der Waals surface area contributed by atoms with Gasteiger partial charge in [0.2, 0.25) is 0 Å². The molecule has 20 heavy (non-hydrogen) atoms. The molecule has 110 valence electrons. The van der Waals surface area contributed by atoms with Crippen molar-refractivity contribution in [3.63, 3.8) is 0 Å². The highest BCUT2D eigenvalue weighted by atomic mass is 32.1. The van der Waals surface area contributed by atoms with Gasteiger partial charge in [0, 0.05) is 18.0 Å². The molecule has 4 nitrogen and oxygen atoms in total.